The standard InChI is InChI=1S/C23H26Cl2N2O/c24-20-9-7-18(8-10-20)15-22(28)26-13-3-11-23(17-26)12-4-14-27(23)16-19-5-1-2-6-21(19)25/h1-2,5-10H,3-4,11-17H2/t23-/m1/s1. The lowest BCUT2D eigenvalue weighted by atomic mass is 9.86. The van der Waals surface area contributed by atoms with E-state index in [1.54, 1.807) is 0 Å². The second kappa shape index (κ2) is 8.44. The fraction of sp³-hybridized carbons (Fsp3) is 0.435. The van der Waals surface area contributed by atoms with Crippen molar-refractivity contribution in [1.82, 2.24) is 9.80 Å². The first kappa shape index (κ1) is 19.8. The number of carbonyl (C=O) groups is 1. The van der Waals surface area contributed by atoms with Crippen molar-refractivity contribution in [2.24, 2.45) is 0 Å². The minimum Gasteiger partial charge on any atom is -0.341 e. The molecule has 2 aromatic rings. The van der Waals surface area contributed by atoms with Gasteiger partial charge in [0.1, 0.15) is 0 Å². The van der Waals surface area contributed by atoms with Crippen LogP contribution in [0.2, 0.25) is 10.0 Å². The van der Waals surface area contributed by atoms with Crippen molar-refractivity contribution >= 4 is 29.1 Å². The van der Waals surface area contributed by atoms with Crippen molar-refractivity contribution in [3.05, 3.63) is 69.7 Å². The lowest BCUT2D eigenvalue weighted by Crippen LogP contribution is -2.56. The molecular formula is C23H26Cl2N2O. The molecule has 1 spiro atoms. The van der Waals surface area contributed by atoms with Gasteiger partial charge in [0.2, 0.25) is 5.91 Å². The first-order valence-corrected chi connectivity index (χ1v) is 10.8. The van der Waals surface area contributed by atoms with Gasteiger partial charge in [0.25, 0.3) is 0 Å². The van der Waals surface area contributed by atoms with Crippen LogP contribution in [-0.2, 0) is 17.8 Å². The van der Waals surface area contributed by atoms with E-state index in [4.69, 9.17) is 23.2 Å². The molecule has 1 amide bonds. The van der Waals surface area contributed by atoms with Gasteiger partial charge in [-0.25, -0.2) is 0 Å². The summed E-state index contributed by atoms with van der Waals surface area (Å²) in [6.45, 7) is 3.61. The van der Waals surface area contributed by atoms with Crippen molar-refractivity contribution in [1.29, 1.82) is 0 Å². The zero-order valence-corrected chi connectivity index (χ0v) is 17.6. The highest BCUT2D eigenvalue weighted by atomic mass is 35.5. The van der Waals surface area contributed by atoms with E-state index < -0.39 is 0 Å². The number of halogens is 2. The lowest BCUT2D eigenvalue weighted by Gasteiger charge is -2.46. The molecule has 0 unspecified atom stereocenters. The Morgan fingerprint density at radius 1 is 0.964 bits per heavy atom. The Morgan fingerprint density at radius 3 is 2.43 bits per heavy atom. The van der Waals surface area contributed by atoms with Crippen LogP contribution in [0.15, 0.2) is 48.5 Å². The van der Waals surface area contributed by atoms with Crippen LogP contribution in [0.1, 0.15) is 36.8 Å². The van der Waals surface area contributed by atoms with Gasteiger partial charge in [-0.1, -0.05) is 53.5 Å². The topological polar surface area (TPSA) is 23.6 Å². The van der Waals surface area contributed by atoms with Crippen LogP contribution in [0.25, 0.3) is 0 Å². The Kier molecular flexibility index (Phi) is 5.96. The van der Waals surface area contributed by atoms with Gasteiger partial charge in [-0.3, -0.25) is 9.69 Å². The van der Waals surface area contributed by atoms with E-state index in [9.17, 15) is 4.79 Å². The van der Waals surface area contributed by atoms with E-state index >= 15 is 0 Å². The molecule has 0 bridgehead atoms. The van der Waals surface area contributed by atoms with E-state index in [0.717, 1.165) is 56.0 Å². The number of hydrogen-bond acceptors (Lipinski definition) is 2. The number of piperidine rings is 1. The molecule has 2 aliphatic heterocycles. The van der Waals surface area contributed by atoms with Crippen LogP contribution in [0, 0.1) is 0 Å². The second-order valence-electron chi connectivity index (χ2n) is 8.06. The minimum absolute atomic E-state index is 0.0904. The van der Waals surface area contributed by atoms with Crippen LogP contribution in [-0.4, -0.2) is 40.9 Å². The summed E-state index contributed by atoms with van der Waals surface area (Å²) in [6.07, 6.45) is 5.00. The molecule has 3 nitrogen and oxygen atoms in total. The van der Waals surface area contributed by atoms with E-state index in [1.165, 1.54) is 12.0 Å². The predicted octanol–water partition coefficient (Wildman–Crippen LogP) is 5.19. The SMILES string of the molecule is O=C(Cc1ccc(Cl)cc1)N1CCC[C@@]2(CCCN2Cc2ccccc2Cl)C1. The molecule has 0 aromatic heterocycles. The average Bonchev–Trinajstić information content (AvgIpc) is 3.06. The monoisotopic (exact) mass is 416 g/mol. The molecule has 2 aliphatic rings. The highest BCUT2D eigenvalue weighted by molar-refractivity contribution is 6.31. The highest BCUT2D eigenvalue weighted by Crippen LogP contribution is 2.39. The van der Waals surface area contributed by atoms with Crippen LogP contribution in [0.4, 0.5) is 0 Å². The van der Waals surface area contributed by atoms with Crippen LogP contribution < -0.4 is 0 Å². The van der Waals surface area contributed by atoms with Gasteiger partial charge >= 0.3 is 0 Å². The maximum Gasteiger partial charge on any atom is 0.227 e. The molecule has 2 saturated heterocycles. The van der Waals surface area contributed by atoms with Gasteiger partial charge in [0.05, 0.1) is 6.42 Å². The van der Waals surface area contributed by atoms with Gasteiger partial charge in [0.15, 0.2) is 0 Å². The third-order valence-corrected chi connectivity index (χ3v) is 6.86. The van der Waals surface area contributed by atoms with Crippen molar-refractivity contribution < 1.29 is 4.79 Å². The number of carbonyl (C=O) groups excluding carboxylic acids is 1. The Bertz CT molecular complexity index is 839. The van der Waals surface area contributed by atoms with E-state index in [2.05, 4.69) is 15.9 Å². The molecular weight excluding hydrogens is 391 g/mol. The summed E-state index contributed by atoms with van der Waals surface area (Å²) in [5, 5.41) is 1.53. The van der Waals surface area contributed by atoms with Crippen molar-refractivity contribution in [2.75, 3.05) is 19.6 Å². The number of rotatable bonds is 4. The van der Waals surface area contributed by atoms with Gasteiger partial charge in [-0.05, 0) is 61.6 Å². The number of benzene rings is 2. The number of nitrogens with zero attached hydrogens (tertiary/aromatic N) is 2. The summed E-state index contributed by atoms with van der Waals surface area (Å²) in [7, 11) is 0. The molecule has 0 saturated carbocycles. The maximum absolute atomic E-state index is 13.0. The molecule has 0 N–H and O–H groups in total. The quantitative estimate of drug-likeness (QED) is 0.683. The zero-order valence-electron chi connectivity index (χ0n) is 16.0. The van der Waals surface area contributed by atoms with E-state index in [-0.39, 0.29) is 11.4 Å². The van der Waals surface area contributed by atoms with Gasteiger partial charge in [-0.15, -0.1) is 0 Å². The van der Waals surface area contributed by atoms with E-state index in [1.807, 2.05) is 42.5 Å². The molecule has 4 rings (SSSR count). The molecule has 5 heteroatoms. The third kappa shape index (κ3) is 4.22. The third-order valence-electron chi connectivity index (χ3n) is 6.24. The maximum atomic E-state index is 13.0. The Labute approximate surface area is 177 Å². The van der Waals surface area contributed by atoms with Crippen LogP contribution >= 0.6 is 23.2 Å². The second-order valence-corrected chi connectivity index (χ2v) is 8.91. The summed E-state index contributed by atoms with van der Waals surface area (Å²) in [6, 6.07) is 15.7. The molecule has 2 aromatic carbocycles. The van der Waals surface area contributed by atoms with Crippen LogP contribution in [0.3, 0.4) is 0 Å². The lowest BCUT2D eigenvalue weighted by molar-refractivity contribution is -0.134. The number of likely N-dealkylation sites (tertiary alicyclic amines) is 2. The molecule has 148 valence electrons. The summed E-state index contributed by atoms with van der Waals surface area (Å²) < 4.78 is 0. The predicted molar refractivity (Wildman–Crippen MR) is 115 cm³/mol. The first-order valence-electron chi connectivity index (χ1n) is 10.1. The zero-order chi connectivity index (χ0) is 19.6. The highest BCUT2D eigenvalue weighted by Gasteiger charge is 2.44. The molecule has 2 heterocycles. The van der Waals surface area contributed by atoms with Crippen molar-refractivity contribution in [2.45, 2.75) is 44.2 Å². The number of hydrogen-bond donors (Lipinski definition) is 0. The summed E-state index contributed by atoms with van der Waals surface area (Å²) in [4.78, 5) is 17.6. The summed E-state index contributed by atoms with van der Waals surface area (Å²) in [5.41, 5.74) is 2.29. The Morgan fingerprint density at radius 2 is 1.68 bits per heavy atom. The molecule has 2 fully saturated rings. The van der Waals surface area contributed by atoms with E-state index in [0.29, 0.717) is 11.4 Å². The normalized spacial score (nSPS) is 22.7. The number of amides is 1. The average molecular weight is 417 g/mol. The molecule has 0 radical (unpaired) electrons. The van der Waals surface area contributed by atoms with Gasteiger partial charge in [-0.2, -0.15) is 0 Å². The minimum atomic E-state index is 0.0904. The van der Waals surface area contributed by atoms with Crippen molar-refractivity contribution in [3.8, 4) is 0 Å². The fourth-order valence-electron chi connectivity index (χ4n) is 4.75. The summed E-state index contributed by atoms with van der Waals surface area (Å²) >= 11 is 12.4. The Balaban J connectivity index is 1.46. The van der Waals surface area contributed by atoms with Crippen molar-refractivity contribution in [3.63, 3.8) is 0 Å². The Hall–Kier alpha value is -1.55. The molecule has 0 aliphatic carbocycles. The first-order chi connectivity index (χ1) is 13.6. The summed E-state index contributed by atoms with van der Waals surface area (Å²) in [5.74, 6) is 0.214. The smallest absolute Gasteiger partial charge is 0.227 e. The van der Waals surface area contributed by atoms with Gasteiger partial charge in [0, 0.05) is 35.2 Å². The van der Waals surface area contributed by atoms with Crippen LogP contribution in [0.5, 0.6) is 0 Å². The fourth-order valence-corrected chi connectivity index (χ4v) is 5.07. The van der Waals surface area contributed by atoms with Gasteiger partial charge < -0.3 is 4.90 Å². The molecule has 1 atom stereocenters. The largest absolute Gasteiger partial charge is 0.341 e. The molecule has 28 heavy (non-hydrogen) atoms.